The summed E-state index contributed by atoms with van der Waals surface area (Å²) in [5.41, 5.74) is 0.696. The molecular formula is C19H24N4O2S. The van der Waals surface area contributed by atoms with Crippen LogP contribution in [0.4, 0.5) is 5.13 Å². The van der Waals surface area contributed by atoms with E-state index in [1.165, 1.54) is 11.3 Å². The molecule has 6 nitrogen and oxygen atoms in total. The van der Waals surface area contributed by atoms with Crippen molar-refractivity contribution in [2.45, 2.75) is 33.1 Å². The van der Waals surface area contributed by atoms with Gasteiger partial charge in [-0.15, -0.1) is 10.2 Å². The zero-order chi connectivity index (χ0) is 18.5. The fourth-order valence-corrected chi connectivity index (χ4v) is 4.01. The van der Waals surface area contributed by atoms with Gasteiger partial charge < -0.3 is 10.2 Å². The van der Waals surface area contributed by atoms with E-state index in [1.807, 2.05) is 35.2 Å². The van der Waals surface area contributed by atoms with Crippen molar-refractivity contribution in [1.82, 2.24) is 15.1 Å². The smallest absolute Gasteiger partial charge is 0.253 e. The number of carbonyl (C=O) groups excluding carboxylic acids is 2. The molecule has 0 saturated carbocycles. The van der Waals surface area contributed by atoms with Crippen LogP contribution in [0.5, 0.6) is 0 Å². The highest BCUT2D eigenvalue weighted by Crippen LogP contribution is 2.23. The fourth-order valence-electron chi connectivity index (χ4n) is 3.05. The van der Waals surface area contributed by atoms with Gasteiger partial charge in [0.25, 0.3) is 5.91 Å². The van der Waals surface area contributed by atoms with Crippen LogP contribution in [0.2, 0.25) is 0 Å². The lowest BCUT2D eigenvalue weighted by molar-refractivity contribution is -0.121. The molecule has 0 bridgehead atoms. The summed E-state index contributed by atoms with van der Waals surface area (Å²) in [5, 5.41) is 12.6. The minimum Gasteiger partial charge on any atom is -0.339 e. The number of piperidine rings is 1. The molecule has 3 rings (SSSR count). The molecule has 1 N–H and O–H groups in total. The lowest BCUT2D eigenvalue weighted by atomic mass is 9.95. The minimum absolute atomic E-state index is 0.0240. The van der Waals surface area contributed by atoms with Crippen LogP contribution < -0.4 is 5.32 Å². The van der Waals surface area contributed by atoms with Crippen molar-refractivity contribution in [2.75, 3.05) is 18.4 Å². The molecule has 2 heterocycles. The normalized spacial score (nSPS) is 15.3. The second-order valence-electron chi connectivity index (χ2n) is 7.02. The zero-order valence-corrected chi connectivity index (χ0v) is 16.0. The van der Waals surface area contributed by atoms with Crippen LogP contribution >= 0.6 is 11.3 Å². The number of likely N-dealkylation sites (tertiary alicyclic amines) is 1. The molecular weight excluding hydrogens is 348 g/mol. The van der Waals surface area contributed by atoms with E-state index in [0.29, 0.717) is 42.5 Å². The Hall–Kier alpha value is -2.28. The van der Waals surface area contributed by atoms with Gasteiger partial charge in [-0.1, -0.05) is 43.4 Å². The van der Waals surface area contributed by atoms with Gasteiger partial charge in [-0.25, -0.2) is 0 Å². The van der Waals surface area contributed by atoms with Gasteiger partial charge in [0.1, 0.15) is 5.01 Å². The number of nitrogens with one attached hydrogen (secondary N) is 1. The van der Waals surface area contributed by atoms with Gasteiger partial charge >= 0.3 is 0 Å². The average Bonchev–Trinajstić information content (AvgIpc) is 3.08. The molecule has 1 aliphatic rings. The van der Waals surface area contributed by atoms with E-state index in [-0.39, 0.29) is 17.7 Å². The van der Waals surface area contributed by atoms with E-state index in [2.05, 4.69) is 29.4 Å². The van der Waals surface area contributed by atoms with Gasteiger partial charge in [0, 0.05) is 31.0 Å². The Labute approximate surface area is 157 Å². The minimum atomic E-state index is -0.0905. The molecule has 1 fully saturated rings. The second kappa shape index (κ2) is 8.40. The first-order valence-electron chi connectivity index (χ1n) is 9.00. The molecule has 1 aromatic carbocycles. The van der Waals surface area contributed by atoms with Gasteiger partial charge in [-0.05, 0) is 30.9 Å². The highest BCUT2D eigenvalue weighted by atomic mass is 32.1. The first-order valence-corrected chi connectivity index (χ1v) is 9.82. The Morgan fingerprint density at radius 3 is 2.54 bits per heavy atom. The van der Waals surface area contributed by atoms with E-state index >= 15 is 0 Å². The van der Waals surface area contributed by atoms with Gasteiger partial charge in [0.15, 0.2) is 0 Å². The van der Waals surface area contributed by atoms with Crippen LogP contribution in [-0.2, 0) is 11.2 Å². The van der Waals surface area contributed by atoms with Crippen molar-refractivity contribution in [3.63, 3.8) is 0 Å². The summed E-state index contributed by atoms with van der Waals surface area (Å²) in [5.74, 6) is 0.432. The third-order valence-electron chi connectivity index (χ3n) is 4.45. The summed E-state index contributed by atoms with van der Waals surface area (Å²) >= 11 is 1.44. The molecule has 26 heavy (non-hydrogen) atoms. The number of carbonyl (C=O) groups is 2. The van der Waals surface area contributed by atoms with Crippen LogP contribution in [0.15, 0.2) is 30.3 Å². The maximum absolute atomic E-state index is 12.5. The predicted molar refractivity (Wildman–Crippen MR) is 102 cm³/mol. The molecule has 0 radical (unpaired) electrons. The Bertz CT molecular complexity index is 752. The Kier molecular flexibility index (Phi) is 5.98. The van der Waals surface area contributed by atoms with Crippen LogP contribution in [0, 0.1) is 11.8 Å². The molecule has 138 valence electrons. The standard InChI is InChI=1S/C19H24N4O2S/c1-13(2)12-16-21-22-19(26-16)20-17(24)14-8-10-23(11-9-14)18(25)15-6-4-3-5-7-15/h3-7,13-14H,8-12H2,1-2H3,(H,20,22,24). The molecule has 0 aliphatic carbocycles. The maximum Gasteiger partial charge on any atom is 0.253 e. The molecule has 7 heteroatoms. The van der Waals surface area contributed by atoms with E-state index in [4.69, 9.17) is 0 Å². The molecule has 1 saturated heterocycles. The van der Waals surface area contributed by atoms with Crippen LogP contribution in [0.1, 0.15) is 42.1 Å². The summed E-state index contributed by atoms with van der Waals surface area (Å²) in [6.07, 6.45) is 2.21. The van der Waals surface area contributed by atoms with Crippen molar-refractivity contribution < 1.29 is 9.59 Å². The molecule has 1 aliphatic heterocycles. The van der Waals surface area contributed by atoms with Crippen molar-refractivity contribution in [1.29, 1.82) is 0 Å². The largest absolute Gasteiger partial charge is 0.339 e. The van der Waals surface area contributed by atoms with Crippen LogP contribution in [0.3, 0.4) is 0 Å². The number of rotatable bonds is 5. The number of hydrogen-bond acceptors (Lipinski definition) is 5. The monoisotopic (exact) mass is 372 g/mol. The Morgan fingerprint density at radius 2 is 1.88 bits per heavy atom. The summed E-state index contributed by atoms with van der Waals surface area (Å²) in [4.78, 5) is 26.8. The highest BCUT2D eigenvalue weighted by molar-refractivity contribution is 7.15. The van der Waals surface area contributed by atoms with Crippen molar-refractivity contribution >= 4 is 28.3 Å². The predicted octanol–water partition coefficient (Wildman–Crippen LogP) is 3.23. The van der Waals surface area contributed by atoms with E-state index in [0.717, 1.165) is 11.4 Å². The summed E-state index contributed by atoms with van der Waals surface area (Å²) in [7, 11) is 0. The molecule has 2 aromatic rings. The molecule has 0 spiro atoms. The number of aromatic nitrogens is 2. The summed E-state index contributed by atoms with van der Waals surface area (Å²) < 4.78 is 0. The molecule has 1 aromatic heterocycles. The topological polar surface area (TPSA) is 75.2 Å². The lowest BCUT2D eigenvalue weighted by Gasteiger charge is -2.31. The zero-order valence-electron chi connectivity index (χ0n) is 15.1. The first-order chi connectivity index (χ1) is 12.5. The highest BCUT2D eigenvalue weighted by Gasteiger charge is 2.28. The average molecular weight is 372 g/mol. The van der Waals surface area contributed by atoms with Gasteiger partial charge in [-0.2, -0.15) is 0 Å². The van der Waals surface area contributed by atoms with Crippen molar-refractivity contribution in [3.8, 4) is 0 Å². The maximum atomic E-state index is 12.5. The Balaban J connectivity index is 1.50. The van der Waals surface area contributed by atoms with E-state index in [9.17, 15) is 9.59 Å². The van der Waals surface area contributed by atoms with Crippen molar-refractivity contribution in [3.05, 3.63) is 40.9 Å². The van der Waals surface area contributed by atoms with Gasteiger partial charge in [0.2, 0.25) is 11.0 Å². The molecule has 2 amide bonds. The van der Waals surface area contributed by atoms with Crippen LogP contribution in [0.25, 0.3) is 0 Å². The summed E-state index contributed by atoms with van der Waals surface area (Å²) in [6, 6.07) is 9.27. The first kappa shape index (κ1) is 18.5. The fraction of sp³-hybridized carbons (Fsp3) is 0.474. The lowest BCUT2D eigenvalue weighted by Crippen LogP contribution is -2.41. The van der Waals surface area contributed by atoms with E-state index in [1.54, 1.807) is 0 Å². The number of nitrogens with zero attached hydrogens (tertiary/aromatic N) is 3. The van der Waals surface area contributed by atoms with E-state index < -0.39 is 0 Å². The van der Waals surface area contributed by atoms with Gasteiger partial charge in [0.05, 0.1) is 0 Å². The summed E-state index contributed by atoms with van der Waals surface area (Å²) in [6.45, 7) is 5.45. The quantitative estimate of drug-likeness (QED) is 0.874. The second-order valence-corrected chi connectivity index (χ2v) is 8.08. The van der Waals surface area contributed by atoms with Crippen LogP contribution in [-0.4, -0.2) is 40.0 Å². The number of hydrogen-bond donors (Lipinski definition) is 1. The number of benzene rings is 1. The third kappa shape index (κ3) is 4.66. The SMILES string of the molecule is CC(C)Cc1nnc(NC(=O)C2CCN(C(=O)c3ccccc3)CC2)s1. The Morgan fingerprint density at radius 1 is 1.19 bits per heavy atom. The number of anilines is 1. The molecule has 0 atom stereocenters. The number of amides is 2. The van der Waals surface area contributed by atoms with Gasteiger partial charge in [-0.3, -0.25) is 9.59 Å². The van der Waals surface area contributed by atoms with Crippen molar-refractivity contribution in [2.24, 2.45) is 11.8 Å². The molecule has 0 unspecified atom stereocenters. The third-order valence-corrected chi connectivity index (χ3v) is 5.31.